The third-order valence-corrected chi connectivity index (χ3v) is 1.97. The third-order valence-electron chi connectivity index (χ3n) is 0.752. The molecule has 52 valence electrons. The van der Waals surface area contributed by atoms with Crippen LogP contribution in [0.1, 0.15) is 20.3 Å². The van der Waals surface area contributed by atoms with E-state index < -0.39 is 8.03 Å². The van der Waals surface area contributed by atoms with E-state index >= 15 is 0 Å². The van der Waals surface area contributed by atoms with E-state index in [1.54, 1.807) is 13.8 Å². The summed E-state index contributed by atoms with van der Waals surface area (Å²) >= 11 is 0. The lowest BCUT2D eigenvalue weighted by Crippen LogP contribution is -1.89. The summed E-state index contributed by atoms with van der Waals surface area (Å²) in [6.07, 6.45) is 0.287. The van der Waals surface area contributed by atoms with Crippen molar-refractivity contribution in [1.29, 1.82) is 0 Å². The zero-order valence-corrected chi connectivity index (χ0v) is 6.48. The first-order valence-electron chi connectivity index (χ1n) is 2.85. The first-order chi connectivity index (χ1) is 4.22. The van der Waals surface area contributed by atoms with Gasteiger partial charge in [-0.05, 0) is 11.5 Å². The van der Waals surface area contributed by atoms with Gasteiger partial charge in [-0.25, -0.2) is 4.79 Å². The Labute approximate surface area is 55.3 Å². The van der Waals surface area contributed by atoms with Crippen LogP contribution in [0.3, 0.4) is 0 Å². The number of hydrogen-bond acceptors (Lipinski definition) is 3. The maximum atomic E-state index is 10.6. The van der Waals surface area contributed by atoms with E-state index in [4.69, 9.17) is 0 Å². The highest BCUT2D eigenvalue weighted by molar-refractivity contribution is 7.59. The first-order valence-corrected chi connectivity index (χ1v) is 4.03. The van der Waals surface area contributed by atoms with Gasteiger partial charge in [-0.2, -0.15) is 0 Å². The van der Waals surface area contributed by atoms with Crippen LogP contribution in [0.5, 0.6) is 0 Å². The van der Waals surface area contributed by atoms with E-state index in [0.29, 0.717) is 6.61 Å². The quantitative estimate of drug-likeness (QED) is 0.571. The Morgan fingerprint density at radius 2 is 2.11 bits per heavy atom. The van der Waals surface area contributed by atoms with Gasteiger partial charge in [-0.3, -0.25) is 0 Å². The summed E-state index contributed by atoms with van der Waals surface area (Å²) in [7, 11) is -2.03. The Balaban J connectivity index is 3.60. The molecule has 0 aromatic rings. The number of carbonyl (C=O) groups is 1. The lowest BCUT2D eigenvalue weighted by Gasteiger charge is -1.78. The van der Waals surface area contributed by atoms with Gasteiger partial charge in [0.1, 0.15) is 6.61 Å². The molecular formula is C5H10O3P+. The smallest absolute Gasteiger partial charge is 0.237 e. The predicted octanol–water partition coefficient (Wildman–Crippen LogP) is 1.70. The van der Waals surface area contributed by atoms with Crippen LogP contribution in [0, 0.1) is 0 Å². The molecule has 1 unspecified atom stereocenters. The Bertz CT molecular complexity index is 121. The van der Waals surface area contributed by atoms with Crippen molar-refractivity contribution in [3.05, 3.63) is 0 Å². The summed E-state index contributed by atoms with van der Waals surface area (Å²) < 4.78 is 15.1. The molecule has 9 heavy (non-hydrogen) atoms. The molecule has 0 amide bonds. The van der Waals surface area contributed by atoms with Gasteiger partial charge in [0.15, 0.2) is 0 Å². The van der Waals surface area contributed by atoms with E-state index in [9.17, 15) is 9.36 Å². The second kappa shape index (κ2) is 4.59. The topological polar surface area (TPSA) is 43.4 Å². The molecule has 0 fully saturated rings. The van der Waals surface area contributed by atoms with Crippen molar-refractivity contribution < 1.29 is 13.9 Å². The Hall–Kier alpha value is -0.270. The van der Waals surface area contributed by atoms with Crippen LogP contribution in [-0.2, 0) is 13.9 Å². The van der Waals surface area contributed by atoms with Gasteiger partial charge < -0.3 is 0 Å². The largest absolute Gasteiger partial charge is 0.587 e. The molecule has 0 aliphatic heterocycles. The maximum Gasteiger partial charge on any atom is 0.587 e. The Morgan fingerprint density at radius 3 is 2.44 bits per heavy atom. The summed E-state index contributed by atoms with van der Waals surface area (Å²) in [6, 6.07) is 0. The normalized spacial score (nSPS) is 11.1. The average molecular weight is 149 g/mol. The van der Waals surface area contributed by atoms with E-state index in [1.165, 1.54) is 0 Å². The van der Waals surface area contributed by atoms with E-state index in [2.05, 4.69) is 4.52 Å². The minimum atomic E-state index is -2.03. The fraction of sp³-hybridized carbons (Fsp3) is 0.800. The van der Waals surface area contributed by atoms with Crippen LogP contribution in [0.2, 0.25) is 0 Å². The van der Waals surface area contributed by atoms with Crippen LogP contribution in [0.15, 0.2) is 0 Å². The zero-order valence-electron chi connectivity index (χ0n) is 5.59. The molecule has 0 aliphatic carbocycles. The van der Waals surface area contributed by atoms with Gasteiger partial charge in [-0.1, -0.05) is 6.92 Å². The third kappa shape index (κ3) is 3.33. The predicted molar refractivity (Wildman–Crippen MR) is 34.5 cm³/mol. The highest BCUT2D eigenvalue weighted by Gasteiger charge is 2.27. The van der Waals surface area contributed by atoms with Crippen molar-refractivity contribution >= 4 is 13.6 Å². The molecule has 0 spiro atoms. The lowest BCUT2D eigenvalue weighted by atomic mass is 10.6. The van der Waals surface area contributed by atoms with Crippen molar-refractivity contribution in [2.45, 2.75) is 20.3 Å². The minimum Gasteiger partial charge on any atom is -0.237 e. The monoisotopic (exact) mass is 149 g/mol. The van der Waals surface area contributed by atoms with E-state index in [1.807, 2.05) is 0 Å². The van der Waals surface area contributed by atoms with E-state index in [-0.39, 0.29) is 11.9 Å². The summed E-state index contributed by atoms with van der Waals surface area (Å²) in [4.78, 5) is 10.5. The van der Waals surface area contributed by atoms with Gasteiger partial charge in [0.25, 0.3) is 0 Å². The number of carbonyl (C=O) groups excluding carboxylic acids is 1. The molecule has 0 rings (SSSR count). The zero-order chi connectivity index (χ0) is 7.28. The average Bonchev–Trinajstić information content (AvgIpc) is 1.87. The van der Waals surface area contributed by atoms with Crippen molar-refractivity contribution in [2.75, 3.05) is 6.61 Å². The fourth-order valence-electron chi connectivity index (χ4n) is 0.318. The van der Waals surface area contributed by atoms with Crippen molar-refractivity contribution in [1.82, 2.24) is 0 Å². The van der Waals surface area contributed by atoms with Crippen LogP contribution >= 0.6 is 8.03 Å². The molecule has 0 aliphatic rings. The summed E-state index contributed by atoms with van der Waals surface area (Å²) in [5.41, 5.74) is -0.313. The Morgan fingerprint density at radius 1 is 1.56 bits per heavy atom. The highest BCUT2D eigenvalue weighted by Crippen LogP contribution is 2.23. The number of rotatable bonds is 4. The van der Waals surface area contributed by atoms with E-state index in [0.717, 1.165) is 0 Å². The second-order valence-corrected chi connectivity index (χ2v) is 2.69. The molecule has 0 bridgehead atoms. The molecular weight excluding hydrogens is 139 g/mol. The molecule has 0 saturated heterocycles. The standard InChI is InChI=1S/C5H10O3P/c1-3-5(6)9(7)8-4-2/h3-4H2,1-2H3/q+1. The van der Waals surface area contributed by atoms with Gasteiger partial charge in [0.2, 0.25) is 0 Å². The van der Waals surface area contributed by atoms with Crippen molar-refractivity contribution in [2.24, 2.45) is 0 Å². The summed E-state index contributed by atoms with van der Waals surface area (Å²) in [6.45, 7) is 3.70. The summed E-state index contributed by atoms with van der Waals surface area (Å²) in [5, 5.41) is 0. The molecule has 0 heterocycles. The van der Waals surface area contributed by atoms with Gasteiger partial charge in [-0.15, -0.1) is 4.52 Å². The Kier molecular flexibility index (Phi) is 4.46. The molecule has 4 heteroatoms. The van der Waals surface area contributed by atoms with Crippen molar-refractivity contribution in [3.63, 3.8) is 0 Å². The van der Waals surface area contributed by atoms with Gasteiger partial charge in [0.05, 0.1) is 6.42 Å². The lowest BCUT2D eigenvalue weighted by molar-refractivity contribution is -0.112. The summed E-state index contributed by atoms with van der Waals surface area (Å²) in [5.74, 6) is 0. The molecule has 1 atom stereocenters. The highest BCUT2D eigenvalue weighted by atomic mass is 31.1. The molecule has 0 aromatic carbocycles. The molecule has 0 aromatic heterocycles. The van der Waals surface area contributed by atoms with Crippen molar-refractivity contribution in [3.8, 4) is 0 Å². The molecule has 0 saturated carbocycles. The minimum absolute atomic E-state index is 0.287. The van der Waals surface area contributed by atoms with Crippen LogP contribution in [0.4, 0.5) is 0 Å². The SMILES string of the molecule is CCO[P+](=O)C(=O)CC. The number of hydrogen-bond donors (Lipinski definition) is 0. The van der Waals surface area contributed by atoms with Crippen LogP contribution in [0.25, 0.3) is 0 Å². The maximum absolute atomic E-state index is 10.6. The molecule has 3 nitrogen and oxygen atoms in total. The van der Waals surface area contributed by atoms with Gasteiger partial charge in [0, 0.05) is 0 Å². The van der Waals surface area contributed by atoms with Crippen LogP contribution < -0.4 is 0 Å². The molecule has 0 N–H and O–H groups in total. The fourth-order valence-corrected chi connectivity index (χ4v) is 0.955. The second-order valence-electron chi connectivity index (χ2n) is 1.42. The van der Waals surface area contributed by atoms with Gasteiger partial charge >= 0.3 is 13.6 Å². The first kappa shape index (κ1) is 8.73. The van der Waals surface area contributed by atoms with Crippen LogP contribution in [-0.4, -0.2) is 12.1 Å². The molecule has 0 radical (unpaired) electrons.